The Morgan fingerprint density at radius 2 is 2.11 bits per heavy atom. The molecule has 0 saturated carbocycles. The zero-order valence-electron chi connectivity index (χ0n) is 9.90. The summed E-state index contributed by atoms with van der Waals surface area (Å²) in [6.07, 6.45) is 1.33. The summed E-state index contributed by atoms with van der Waals surface area (Å²) in [4.78, 5) is 4.07. The van der Waals surface area contributed by atoms with E-state index in [-0.39, 0.29) is 5.82 Å². The molecule has 0 fully saturated rings. The summed E-state index contributed by atoms with van der Waals surface area (Å²) in [7, 11) is 0. The van der Waals surface area contributed by atoms with Crippen molar-refractivity contribution in [2.75, 3.05) is 0 Å². The molecule has 2 nitrogen and oxygen atoms in total. The van der Waals surface area contributed by atoms with E-state index in [4.69, 9.17) is 11.6 Å². The summed E-state index contributed by atoms with van der Waals surface area (Å²) in [5.41, 5.74) is 2.35. The van der Waals surface area contributed by atoms with Gasteiger partial charge < -0.3 is 5.11 Å². The van der Waals surface area contributed by atoms with Gasteiger partial charge in [-0.25, -0.2) is 4.39 Å². The maximum absolute atomic E-state index is 12.9. The monoisotopic (exact) mass is 265 g/mol. The molecule has 2 aromatic rings. The second-order valence-electron chi connectivity index (χ2n) is 4.19. The molecule has 0 amide bonds. The molecule has 0 saturated heterocycles. The van der Waals surface area contributed by atoms with Gasteiger partial charge in [-0.15, -0.1) is 0 Å². The minimum atomic E-state index is -0.672. The van der Waals surface area contributed by atoms with Crippen LogP contribution in [0.4, 0.5) is 4.39 Å². The fourth-order valence-corrected chi connectivity index (χ4v) is 2.03. The third kappa shape index (κ3) is 3.06. The number of hydrogen-bond acceptors (Lipinski definition) is 2. The molecule has 2 rings (SSSR count). The van der Waals surface area contributed by atoms with Crippen molar-refractivity contribution < 1.29 is 9.50 Å². The van der Waals surface area contributed by atoms with Gasteiger partial charge in [-0.1, -0.05) is 17.7 Å². The summed E-state index contributed by atoms with van der Waals surface area (Å²) < 4.78 is 12.9. The fourth-order valence-electron chi connectivity index (χ4n) is 1.79. The Labute approximate surface area is 110 Å². The van der Waals surface area contributed by atoms with E-state index in [0.29, 0.717) is 11.4 Å². The minimum Gasteiger partial charge on any atom is -0.388 e. The Bertz CT molecular complexity index is 559. The summed E-state index contributed by atoms with van der Waals surface area (Å²) in [6, 6.07) is 7.76. The maximum atomic E-state index is 12.9. The molecule has 1 atom stereocenters. The summed E-state index contributed by atoms with van der Waals surface area (Å²) in [6.45, 7) is 1.86. The zero-order valence-corrected chi connectivity index (χ0v) is 10.7. The summed E-state index contributed by atoms with van der Waals surface area (Å²) >= 11 is 5.93. The molecule has 1 aromatic heterocycles. The van der Waals surface area contributed by atoms with Crippen LogP contribution in [0.5, 0.6) is 0 Å². The molecule has 0 radical (unpaired) electrons. The highest BCUT2D eigenvalue weighted by Gasteiger charge is 2.11. The molecule has 1 heterocycles. The van der Waals surface area contributed by atoms with Gasteiger partial charge in [0.2, 0.25) is 0 Å². The Morgan fingerprint density at radius 3 is 2.78 bits per heavy atom. The smallest absolute Gasteiger partial charge is 0.124 e. The Kier molecular flexibility index (Phi) is 3.94. The predicted octanol–water partition coefficient (Wildman–Crippen LogP) is 3.46. The van der Waals surface area contributed by atoms with Crippen LogP contribution in [0.2, 0.25) is 5.02 Å². The number of aliphatic hydroxyl groups excluding tert-OH is 1. The molecule has 18 heavy (non-hydrogen) atoms. The van der Waals surface area contributed by atoms with Gasteiger partial charge in [0.25, 0.3) is 0 Å². The van der Waals surface area contributed by atoms with Crippen LogP contribution < -0.4 is 0 Å². The minimum absolute atomic E-state index is 0.333. The fraction of sp³-hybridized carbons (Fsp3) is 0.214. The first kappa shape index (κ1) is 13.0. The molecular weight excluding hydrogens is 253 g/mol. The molecular formula is C14H13ClFNO. The van der Waals surface area contributed by atoms with Crippen LogP contribution in [0, 0.1) is 12.7 Å². The molecule has 0 spiro atoms. The van der Waals surface area contributed by atoms with E-state index < -0.39 is 6.10 Å². The highest BCUT2D eigenvalue weighted by Crippen LogP contribution is 2.24. The van der Waals surface area contributed by atoms with Gasteiger partial charge in [-0.3, -0.25) is 4.98 Å². The first-order chi connectivity index (χ1) is 8.56. The van der Waals surface area contributed by atoms with Crippen LogP contribution in [-0.4, -0.2) is 10.1 Å². The second kappa shape index (κ2) is 5.46. The first-order valence-electron chi connectivity index (χ1n) is 5.61. The van der Waals surface area contributed by atoms with Crippen molar-refractivity contribution in [2.45, 2.75) is 19.4 Å². The van der Waals surface area contributed by atoms with E-state index in [0.717, 1.165) is 16.8 Å². The lowest BCUT2D eigenvalue weighted by Gasteiger charge is -2.12. The Hall–Kier alpha value is -1.45. The van der Waals surface area contributed by atoms with Gasteiger partial charge in [0.05, 0.1) is 6.10 Å². The molecule has 0 aliphatic rings. The quantitative estimate of drug-likeness (QED) is 0.922. The number of halogens is 2. The van der Waals surface area contributed by atoms with Gasteiger partial charge in [-0.2, -0.15) is 0 Å². The van der Waals surface area contributed by atoms with Crippen LogP contribution in [0.3, 0.4) is 0 Å². The van der Waals surface area contributed by atoms with Crippen LogP contribution in [-0.2, 0) is 6.42 Å². The van der Waals surface area contributed by atoms with Crippen molar-refractivity contribution in [1.29, 1.82) is 0 Å². The maximum Gasteiger partial charge on any atom is 0.124 e. The number of rotatable bonds is 3. The van der Waals surface area contributed by atoms with E-state index in [9.17, 15) is 9.50 Å². The van der Waals surface area contributed by atoms with E-state index in [1.54, 1.807) is 18.3 Å². The molecule has 1 aromatic carbocycles. The molecule has 4 heteroatoms. The number of aliphatic hydroxyl groups is 1. The number of benzene rings is 1. The van der Waals surface area contributed by atoms with E-state index >= 15 is 0 Å². The average molecular weight is 266 g/mol. The van der Waals surface area contributed by atoms with E-state index in [1.165, 1.54) is 12.1 Å². The topological polar surface area (TPSA) is 33.1 Å². The number of nitrogens with zero attached hydrogens (tertiary/aromatic N) is 1. The van der Waals surface area contributed by atoms with Gasteiger partial charge in [-0.05, 0) is 42.3 Å². The number of aryl methyl sites for hydroxylation is 1. The standard InChI is InChI=1S/C14H13ClFNO/c1-9-6-11(4-5-17-9)14(18)7-10-2-3-12(16)8-13(10)15/h2-6,8,14,18H,7H2,1H3. The number of aromatic nitrogens is 1. The average Bonchev–Trinajstić information content (AvgIpc) is 2.32. The lowest BCUT2D eigenvalue weighted by Crippen LogP contribution is -2.03. The predicted molar refractivity (Wildman–Crippen MR) is 69.0 cm³/mol. The van der Waals surface area contributed by atoms with Crippen LogP contribution in [0.25, 0.3) is 0 Å². The molecule has 94 valence electrons. The van der Waals surface area contributed by atoms with Crippen LogP contribution >= 0.6 is 11.6 Å². The Balaban J connectivity index is 2.18. The van der Waals surface area contributed by atoms with Crippen molar-refractivity contribution >= 4 is 11.6 Å². The van der Waals surface area contributed by atoms with Crippen LogP contribution in [0.1, 0.15) is 22.9 Å². The normalized spacial score (nSPS) is 12.4. The highest BCUT2D eigenvalue weighted by atomic mass is 35.5. The van der Waals surface area contributed by atoms with Gasteiger partial charge >= 0.3 is 0 Å². The molecule has 1 N–H and O–H groups in total. The third-order valence-corrected chi connectivity index (χ3v) is 3.09. The van der Waals surface area contributed by atoms with E-state index in [2.05, 4.69) is 4.98 Å². The number of hydrogen-bond donors (Lipinski definition) is 1. The SMILES string of the molecule is Cc1cc(C(O)Cc2ccc(F)cc2Cl)ccn1. The molecule has 0 bridgehead atoms. The van der Waals surface area contributed by atoms with Gasteiger partial charge in [0.1, 0.15) is 5.82 Å². The Morgan fingerprint density at radius 1 is 1.33 bits per heavy atom. The largest absolute Gasteiger partial charge is 0.388 e. The molecule has 0 aliphatic heterocycles. The van der Waals surface area contributed by atoms with Crippen molar-refractivity contribution in [3.63, 3.8) is 0 Å². The van der Waals surface area contributed by atoms with Crippen molar-refractivity contribution in [1.82, 2.24) is 4.98 Å². The second-order valence-corrected chi connectivity index (χ2v) is 4.59. The van der Waals surface area contributed by atoms with Crippen LogP contribution in [0.15, 0.2) is 36.5 Å². The van der Waals surface area contributed by atoms with Gasteiger partial charge in [0.15, 0.2) is 0 Å². The zero-order chi connectivity index (χ0) is 13.1. The summed E-state index contributed by atoms with van der Waals surface area (Å²) in [5.74, 6) is -0.377. The van der Waals surface area contributed by atoms with E-state index in [1.807, 2.05) is 13.0 Å². The van der Waals surface area contributed by atoms with Crippen molar-refractivity contribution in [3.05, 3.63) is 64.2 Å². The molecule has 1 unspecified atom stereocenters. The molecule has 0 aliphatic carbocycles. The third-order valence-electron chi connectivity index (χ3n) is 2.73. The van der Waals surface area contributed by atoms with Crippen molar-refractivity contribution in [3.8, 4) is 0 Å². The lowest BCUT2D eigenvalue weighted by molar-refractivity contribution is 0.178. The van der Waals surface area contributed by atoms with Gasteiger partial charge in [0, 0.05) is 23.3 Å². The summed E-state index contributed by atoms with van der Waals surface area (Å²) in [5, 5.41) is 10.4. The van der Waals surface area contributed by atoms with Crippen molar-refractivity contribution in [2.24, 2.45) is 0 Å². The number of pyridine rings is 1. The first-order valence-corrected chi connectivity index (χ1v) is 5.98. The lowest BCUT2D eigenvalue weighted by atomic mass is 10.0. The highest BCUT2D eigenvalue weighted by molar-refractivity contribution is 6.31.